The molecule has 1 aromatic carbocycles. The highest BCUT2D eigenvalue weighted by molar-refractivity contribution is 5.27. The van der Waals surface area contributed by atoms with Crippen molar-refractivity contribution in [2.75, 3.05) is 7.11 Å². The summed E-state index contributed by atoms with van der Waals surface area (Å²) in [6, 6.07) is 8.02. The number of rotatable bonds is 4. The smallest absolute Gasteiger partial charge is 0.118 e. The van der Waals surface area contributed by atoms with Gasteiger partial charge in [-0.15, -0.1) is 0 Å². The zero-order valence-electron chi connectivity index (χ0n) is 13.2. The monoisotopic (exact) mass is 278 g/mol. The van der Waals surface area contributed by atoms with Crippen molar-refractivity contribution in [2.45, 2.75) is 63.8 Å². The Morgan fingerprint density at radius 2 is 1.75 bits per heavy atom. The van der Waals surface area contributed by atoms with Crippen LogP contribution in [0.3, 0.4) is 0 Å². The SMILES string of the molecule is COc1ccc(CCC2(O)CC(C)(C)OC2(C)C)cc1. The lowest BCUT2D eigenvalue weighted by Crippen LogP contribution is -2.46. The normalized spacial score (nSPS) is 27.5. The van der Waals surface area contributed by atoms with Gasteiger partial charge < -0.3 is 14.6 Å². The van der Waals surface area contributed by atoms with E-state index in [-0.39, 0.29) is 5.60 Å². The molecular formula is C17H26O3. The van der Waals surface area contributed by atoms with Gasteiger partial charge in [-0.2, -0.15) is 0 Å². The van der Waals surface area contributed by atoms with Gasteiger partial charge in [0.05, 0.1) is 23.9 Å². The van der Waals surface area contributed by atoms with Crippen molar-refractivity contribution in [2.24, 2.45) is 0 Å². The first-order valence-corrected chi connectivity index (χ1v) is 7.23. The van der Waals surface area contributed by atoms with Crippen LogP contribution >= 0.6 is 0 Å². The summed E-state index contributed by atoms with van der Waals surface area (Å²) < 4.78 is 11.2. The Kier molecular flexibility index (Phi) is 3.87. The summed E-state index contributed by atoms with van der Waals surface area (Å²) in [4.78, 5) is 0. The van der Waals surface area contributed by atoms with Gasteiger partial charge in [0, 0.05) is 6.42 Å². The molecule has 3 heteroatoms. The molecular weight excluding hydrogens is 252 g/mol. The Morgan fingerprint density at radius 1 is 1.15 bits per heavy atom. The minimum Gasteiger partial charge on any atom is -0.497 e. The first-order chi connectivity index (χ1) is 9.17. The predicted octanol–water partition coefficient (Wildman–Crippen LogP) is 3.34. The third-order valence-corrected chi connectivity index (χ3v) is 4.36. The molecule has 0 bridgehead atoms. The van der Waals surface area contributed by atoms with Crippen LogP contribution in [0.4, 0.5) is 0 Å². The van der Waals surface area contributed by atoms with Gasteiger partial charge in [0.2, 0.25) is 0 Å². The van der Waals surface area contributed by atoms with Crippen LogP contribution in [0.15, 0.2) is 24.3 Å². The van der Waals surface area contributed by atoms with Crippen molar-refractivity contribution in [3.63, 3.8) is 0 Å². The molecule has 1 unspecified atom stereocenters. The number of hydrogen-bond donors (Lipinski definition) is 1. The van der Waals surface area contributed by atoms with E-state index in [1.807, 2.05) is 39.8 Å². The highest BCUT2D eigenvalue weighted by atomic mass is 16.5. The second-order valence-electron chi connectivity index (χ2n) is 6.93. The van der Waals surface area contributed by atoms with Gasteiger partial charge in [-0.3, -0.25) is 0 Å². The molecule has 1 N–H and O–H groups in total. The molecule has 1 aromatic rings. The molecule has 1 fully saturated rings. The number of hydrogen-bond acceptors (Lipinski definition) is 3. The highest BCUT2D eigenvalue weighted by Crippen LogP contribution is 2.47. The van der Waals surface area contributed by atoms with Crippen LogP contribution in [-0.4, -0.2) is 29.0 Å². The summed E-state index contributed by atoms with van der Waals surface area (Å²) in [5, 5.41) is 11.0. The van der Waals surface area contributed by atoms with E-state index in [1.54, 1.807) is 7.11 Å². The Balaban J connectivity index is 2.05. The molecule has 0 saturated carbocycles. The van der Waals surface area contributed by atoms with Crippen LogP contribution in [0, 0.1) is 0 Å². The molecule has 1 saturated heterocycles. The van der Waals surface area contributed by atoms with Gasteiger partial charge in [0.25, 0.3) is 0 Å². The van der Waals surface area contributed by atoms with Crippen molar-refractivity contribution in [3.8, 4) is 5.75 Å². The summed E-state index contributed by atoms with van der Waals surface area (Å²) in [5.74, 6) is 0.859. The van der Waals surface area contributed by atoms with Crippen LogP contribution < -0.4 is 4.74 Å². The average molecular weight is 278 g/mol. The molecule has 0 spiro atoms. The van der Waals surface area contributed by atoms with Gasteiger partial charge in [-0.25, -0.2) is 0 Å². The summed E-state index contributed by atoms with van der Waals surface area (Å²) in [7, 11) is 1.66. The van der Waals surface area contributed by atoms with Crippen LogP contribution in [0.2, 0.25) is 0 Å². The lowest BCUT2D eigenvalue weighted by molar-refractivity contribution is -0.128. The first-order valence-electron chi connectivity index (χ1n) is 7.23. The zero-order valence-corrected chi connectivity index (χ0v) is 13.2. The molecule has 1 aliphatic rings. The lowest BCUT2D eigenvalue weighted by Gasteiger charge is -2.35. The van der Waals surface area contributed by atoms with Gasteiger partial charge >= 0.3 is 0 Å². The zero-order chi connectivity index (χ0) is 15.0. The Morgan fingerprint density at radius 3 is 2.20 bits per heavy atom. The van der Waals surface area contributed by atoms with Gasteiger partial charge in [0.15, 0.2) is 0 Å². The molecule has 0 aliphatic carbocycles. The molecule has 112 valence electrons. The second-order valence-corrected chi connectivity index (χ2v) is 6.93. The molecule has 20 heavy (non-hydrogen) atoms. The van der Waals surface area contributed by atoms with Crippen molar-refractivity contribution in [3.05, 3.63) is 29.8 Å². The van der Waals surface area contributed by atoms with E-state index >= 15 is 0 Å². The minimum absolute atomic E-state index is 0.266. The van der Waals surface area contributed by atoms with Crippen molar-refractivity contribution < 1.29 is 14.6 Å². The predicted molar refractivity (Wildman–Crippen MR) is 80.1 cm³/mol. The number of benzene rings is 1. The summed E-state index contributed by atoms with van der Waals surface area (Å²) in [5.41, 5.74) is -0.350. The highest BCUT2D eigenvalue weighted by Gasteiger charge is 2.55. The Bertz CT molecular complexity index is 462. The van der Waals surface area contributed by atoms with Gasteiger partial charge in [-0.05, 0) is 58.2 Å². The quantitative estimate of drug-likeness (QED) is 0.918. The lowest BCUT2D eigenvalue weighted by atomic mass is 9.78. The maximum Gasteiger partial charge on any atom is 0.118 e. The van der Waals surface area contributed by atoms with Crippen LogP contribution in [-0.2, 0) is 11.2 Å². The van der Waals surface area contributed by atoms with E-state index in [0.717, 1.165) is 12.2 Å². The second kappa shape index (κ2) is 5.05. The fourth-order valence-corrected chi connectivity index (χ4v) is 3.27. The maximum atomic E-state index is 11.0. The third kappa shape index (κ3) is 2.99. The molecule has 3 nitrogen and oxygen atoms in total. The van der Waals surface area contributed by atoms with Crippen LogP contribution in [0.1, 0.15) is 46.1 Å². The molecule has 0 amide bonds. The van der Waals surface area contributed by atoms with Crippen molar-refractivity contribution in [1.29, 1.82) is 0 Å². The van der Waals surface area contributed by atoms with E-state index in [4.69, 9.17) is 9.47 Å². The fourth-order valence-electron chi connectivity index (χ4n) is 3.27. The topological polar surface area (TPSA) is 38.7 Å². The molecule has 0 aromatic heterocycles. The van der Waals surface area contributed by atoms with E-state index in [1.165, 1.54) is 5.56 Å². The van der Waals surface area contributed by atoms with Crippen LogP contribution in [0.25, 0.3) is 0 Å². The average Bonchev–Trinajstić information content (AvgIpc) is 2.51. The van der Waals surface area contributed by atoms with Gasteiger partial charge in [-0.1, -0.05) is 12.1 Å². The Hall–Kier alpha value is -1.06. The number of aliphatic hydroxyl groups is 1. The summed E-state index contributed by atoms with van der Waals surface area (Å²) >= 11 is 0. The molecule has 0 radical (unpaired) electrons. The summed E-state index contributed by atoms with van der Waals surface area (Å²) in [6.45, 7) is 8.05. The minimum atomic E-state index is -0.781. The summed E-state index contributed by atoms with van der Waals surface area (Å²) in [6.07, 6.45) is 2.21. The van der Waals surface area contributed by atoms with E-state index < -0.39 is 11.2 Å². The number of methoxy groups -OCH3 is 1. The van der Waals surface area contributed by atoms with Gasteiger partial charge in [0.1, 0.15) is 5.75 Å². The van der Waals surface area contributed by atoms with Crippen molar-refractivity contribution >= 4 is 0 Å². The molecule has 1 atom stereocenters. The van der Waals surface area contributed by atoms with E-state index in [2.05, 4.69) is 12.1 Å². The van der Waals surface area contributed by atoms with E-state index in [0.29, 0.717) is 12.8 Å². The molecule has 2 rings (SSSR count). The standard InChI is InChI=1S/C17H26O3/c1-15(2)12-17(18,16(3,4)20-15)11-10-13-6-8-14(19-5)9-7-13/h6-9,18H,10-12H2,1-5H3. The maximum absolute atomic E-state index is 11.0. The largest absolute Gasteiger partial charge is 0.497 e. The first kappa shape index (κ1) is 15.3. The van der Waals surface area contributed by atoms with Crippen molar-refractivity contribution in [1.82, 2.24) is 0 Å². The molecule has 1 heterocycles. The fraction of sp³-hybridized carbons (Fsp3) is 0.647. The van der Waals surface area contributed by atoms with Crippen LogP contribution in [0.5, 0.6) is 5.75 Å². The number of ether oxygens (including phenoxy) is 2. The number of aryl methyl sites for hydroxylation is 1. The van der Waals surface area contributed by atoms with E-state index in [9.17, 15) is 5.11 Å². The third-order valence-electron chi connectivity index (χ3n) is 4.36. The Labute approximate surface area is 121 Å². The molecule has 1 aliphatic heterocycles.